The number of anilines is 1. The predicted molar refractivity (Wildman–Crippen MR) is 122 cm³/mol. The van der Waals surface area contributed by atoms with Crippen LogP contribution in [0.3, 0.4) is 0 Å². The molecule has 1 heterocycles. The number of benzene rings is 2. The highest BCUT2D eigenvalue weighted by Gasteiger charge is 2.33. The van der Waals surface area contributed by atoms with Crippen molar-refractivity contribution in [1.82, 2.24) is 4.90 Å². The van der Waals surface area contributed by atoms with Gasteiger partial charge in [-0.3, -0.25) is 14.5 Å². The minimum Gasteiger partial charge on any atom is -0.325 e. The maximum Gasteiger partial charge on any atom is 0.266 e. The molecule has 1 fully saturated rings. The number of nitrogens with zero attached hydrogens (tertiary/aromatic N) is 1. The van der Waals surface area contributed by atoms with Crippen molar-refractivity contribution in [3.8, 4) is 0 Å². The zero-order chi connectivity index (χ0) is 21.7. The Labute approximate surface area is 183 Å². The van der Waals surface area contributed by atoms with Gasteiger partial charge in [-0.2, -0.15) is 0 Å². The molecule has 2 aromatic carbocycles. The van der Waals surface area contributed by atoms with E-state index in [1.165, 1.54) is 29.2 Å². The topological polar surface area (TPSA) is 110 Å². The van der Waals surface area contributed by atoms with Crippen LogP contribution in [0.4, 0.5) is 5.69 Å². The van der Waals surface area contributed by atoms with Gasteiger partial charge in [-0.15, -0.1) is 0 Å². The van der Waals surface area contributed by atoms with Crippen molar-refractivity contribution < 1.29 is 18.0 Å². The van der Waals surface area contributed by atoms with Crippen LogP contribution >= 0.6 is 24.0 Å². The van der Waals surface area contributed by atoms with Gasteiger partial charge in [-0.25, -0.2) is 13.6 Å². The van der Waals surface area contributed by atoms with Crippen LogP contribution in [0.2, 0.25) is 0 Å². The fourth-order valence-corrected chi connectivity index (χ4v) is 4.26. The Morgan fingerprint density at radius 2 is 1.80 bits per heavy atom. The molecular formula is C20H17N3O4S3. The number of carbonyl (C=O) groups is 2. The molecule has 7 nitrogen and oxygen atoms in total. The highest BCUT2D eigenvalue weighted by Crippen LogP contribution is 2.30. The average molecular weight is 460 g/mol. The number of hydrogen-bond acceptors (Lipinski definition) is 6. The third-order valence-electron chi connectivity index (χ3n) is 3.98. The number of nitrogens with one attached hydrogen (secondary N) is 1. The number of amides is 2. The van der Waals surface area contributed by atoms with Gasteiger partial charge in [0, 0.05) is 5.69 Å². The van der Waals surface area contributed by atoms with E-state index in [-0.39, 0.29) is 17.3 Å². The van der Waals surface area contributed by atoms with Gasteiger partial charge in [0.05, 0.1) is 9.80 Å². The van der Waals surface area contributed by atoms with Crippen LogP contribution in [-0.4, -0.2) is 36.0 Å². The fourth-order valence-electron chi connectivity index (χ4n) is 2.53. The van der Waals surface area contributed by atoms with E-state index >= 15 is 0 Å². The summed E-state index contributed by atoms with van der Waals surface area (Å²) in [4.78, 5) is 26.4. The summed E-state index contributed by atoms with van der Waals surface area (Å²) in [6.07, 6.45) is 5.29. The number of thioether (sulfide) groups is 1. The molecule has 0 aromatic heterocycles. The van der Waals surface area contributed by atoms with E-state index in [0.29, 0.717) is 14.9 Å². The maximum atomic E-state index is 12.6. The van der Waals surface area contributed by atoms with Gasteiger partial charge in [-0.1, -0.05) is 66.5 Å². The third kappa shape index (κ3) is 5.63. The zero-order valence-electron chi connectivity index (χ0n) is 15.5. The molecule has 154 valence electrons. The summed E-state index contributed by atoms with van der Waals surface area (Å²) < 4.78 is 22.8. The maximum absolute atomic E-state index is 12.6. The predicted octanol–water partition coefficient (Wildman–Crippen LogP) is 2.73. The van der Waals surface area contributed by atoms with Crippen LogP contribution in [0, 0.1) is 0 Å². The smallest absolute Gasteiger partial charge is 0.266 e. The fraction of sp³-hybridized carbons (Fsp3) is 0.0500. The molecule has 0 unspecified atom stereocenters. The molecule has 3 rings (SSSR count). The molecule has 0 bridgehead atoms. The SMILES string of the molecule is NS(=O)(=O)c1ccc(NC(=O)CN2C(=O)/C(=C\C=C\c3ccccc3)SC2=S)cc1. The minimum absolute atomic E-state index is 0.0638. The largest absolute Gasteiger partial charge is 0.325 e. The van der Waals surface area contributed by atoms with Crippen LogP contribution in [0.1, 0.15) is 5.56 Å². The van der Waals surface area contributed by atoms with E-state index in [4.69, 9.17) is 17.4 Å². The molecular weight excluding hydrogens is 442 g/mol. The number of hydrogen-bond donors (Lipinski definition) is 2. The monoisotopic (exact) mass is 459 g/mol. The molecule has 0 spiro atoms. The quantitative estimate of drug-likeness (QED) is 0.508. The van der Waals surface area contributed by atoms with Crippen molar-refractivity contribution in [3.63, 3.8) is 0 Å². The average Bonchev–Trinajstić information content (AvgIpc) is 2.96. The van der Waals surface area contributed by atoms with Crippen molar-refractivity contribution in [2.45, 2.75) is 4.90 Å². The number of carbonyl (C=O) groups excluding carboxylic acids is 2. The lowest BCUT2D eigenvalue weighted by Gasteiger charge is -2.14. The summed E-state index contributed by atoms with van der Waals surface area (Å²) in [5.41, 5.74) is 1.37. The second-order valence-electron chi connectivity index (χ2n) is 6.18. The molecule has 0 radical (unpaired) electrons. The second kappa shape index (κ2) is 9.35. The van der Waals surface area contributed by atoms with Gasteiger partial charge in [0.2, 0.25) is 15.9 Å². The van der Waals surface area contributed by atoms with Gasteiger partial charge < -0.3 is 5.32 Å². The van der Waals surface area contributed by atoms with Crippen LogP contribution in [0.5, 0.6) is 0 Å². The van der Waals surface area contributed by atoms with Crippen molar-refractivity contribution in [2.75, 3.05) is 11.9 Å². The normalized spacial score (nSPS) is 15.9. The van der Waals surface area contributed by atoms with Crippen molar-refractivity contribution in [1.29, 1.82) is 0 Å². The molecule has 1 aliphatic rings. The highest BCUT2D eigenvalue weighted by molar-refractivity contribution is 8.26. The van der Waals surface area contributed by atoms with Gasteiger partial charge >= 0.3 is 0 Å². The molecule has 0 aliphatic carbocycles. The molecule has 10 heteroatoms. The lowest BCUT2D eigenvalue weighted by molar-refractivity contribution is -0.126. The molecule has 3 N–H and O–H groups in total. The lowest BCUT2D eigenvalue weighted by Crippen LogP contribution is -2.36. The Hall–Kier alpha value is -2.79. The lowest BCUT2D eigenvalue weighted by atomic mass is 10.2. The molecule has 1 saturated heterocycles. The molecule has 30 heavy (non-hydrogen) atoms. The Morgan fingerprint density at radius 3 is 2.43 bits per heavy atom. The summed E-state index contributed by atoms with van der Waals surface area (Å²) in [7, 11) is -3.81. The number of nitrogens with two attached hydrogens (primary N) is 1. The van der Waals surface area contributed by atoms with Gasteiger partial charge in [0.25, 0.3) is 5.91 Å². The first kappa shape index (κ1) is 21.9. The third-order valence-corrected chi connectivity index (χ3v) is 6.30. The first-order valence-corrected chi connectivity index (χ1v) is 11.4. The van der Waals surface area contributed by atoms with E-state index in [2.05, 4.69) is 5.32 Å². The van der Waals surface area contributed by atoms with Crippen LogP contribution in [0.25, 0.3) is 6.08 Å². The first-order valence-electron chi connectivity index (χ1n) is 8.64. The molecule has 0 atom stereocenters. The molecule has 0 saturated carbocycles. The number of thiocarbonyl (C=S) groups is 1. The van der Waals surface area contributed by atoms with Crippen molar-refractivity contribution >= 4 is 61.9 Å². The van der Waals surface area contributed by atoms with Gasteiger partial charge in [-0.05, 0) is 35.9 Å². The van der Waals surface area contributed by atoms with E-state index in [0.717, 1.165) is 17.3 Å². The van der Waals surface area contributed by atoms with Gasteiger partial charge in [0.1, 0.15) is 10.9 Å². The number of sulfonamides is 1. The standard InChI is InChI=1S/C20H17N3O4S3/c21-30(26,27)16-11-9-15(10-12-16)22-18(24)13-23-19(25)17(29-20(23)28)8-4-7-14-5-2-1-3-6-14/h1-12H,13H2,(H,22,24)(H2,21,26,27)/b7-4+,17-8+. The molecule has 1 aliphatic heterocycles. The Bertz CT molecular complexity index is 1140. The van der Waals surface area contributed by atoms with E-state index in [1.54, 1.807) is 12.2 Å². The molecule has 2 aromatic rings. The summed E-state index contributed by atoms with van der Waals surface area (Å²) in [5, 5.41) is 7.64. The molecule has 2 amide bonds. The number of rotatable bonds is 6. The zero-order valence-corrected chi connectivity index (χ0v) is 18.0. The number of allylic oxidation sites excluding steroid dienone is 2. The summed E-state index contributed by atoms with van der Waals surface area (Å²) in [5.74, 6) is -0.807. The van der Waals surface area contributed by atoms with Crippen LogP contribution in [0.15, 0.2) is 76.5 Å². The van der Waals surface area contributed by atoms with Crippen molar-refractivity contribution in [2.24, 2.45) is 5.14 Å². The van der Waals surface area contributed by atoms with Crippen molar-refractivity contribution in [3.05, 3.63) is 77.2 Å². The summed E-state index contributed by atoms with van der Waals surface area (Å²) in [6, 6.07) is 15.0. The minimum atomic E-state index is -3.81. The Kier molecular flexibility index (Phi) is 6.83. The van der Waals surface area contributed by atoms with Crippen LogP contribution < -0.4 is 10.5 Å². The second-order valence-corrected chi connectivity index (χ2v) is 9.41. The van der Waals surface area contributed by atoms with E-state index in [9.17, 15) is 18.0 Å². The number of primary sulfonamides is 1. The summed E-state index contributed by atoms with van der Waals surface area (Å²) >= 11 is 6.35. The highest BCUT2D eigenvalue weighted by atomic mass is 32.2. The first-order chi connectivity index (χ1) is 14.2. The van der Waals surface area contributed by atoms with Gasteiger partial charge in [0.15, 0.2) is 0 Å². The van der Waals surface area contributed by atoms with E-state index in [1.807, 2.05) is 36.4 Å². The summed E-state index contributed by atoms with van der Waals surface area (Å²) in [6.45, 7) is -0.249. The van der Waals surface area contributed by atoms with E-state index < -0.39 is 15.9 Å². The Morgan fingerprint density at radius 1 is 1.13 bits per heavy atom. The van der Waals surface area contributed by atoms with Crippen LogP contribution in [-0.2, 0) is 19.6 Å². The Balaban J connectivity index is 1.61.